The Morgan fingerprint density at radius 3 is 1.69 bits per heavy atom. The molecule has 13 N–H and O–H groups in total. The summed E-state index contributed by atoms with van der Waals surface area (Å²) in [7, 11) is 0. The van der Waals surface area contributed by atoms with E-state index in [1.54, 1.807) is 0 Å². The van der Waals surface area contributed by atoms with Gasteiger partial charge in [0.1, 0.15) is 11.5 Å². The quantitative estimate of drug-likeness (QED) is 0.207. The molecule has 0 saturated carbocycles. The number of ether oxygens (including phenoxy) is 3. The fourth-order valence-electron chi connectivity index (χ4n) is 5.25. The zero-order chi connectivity index (χ0) is 25.5. The van der Waals surface area contributed by atoms with Crippen molar-refractivity contribution in [2.75, 3.05) is 85.7 Å². The molecule has 2 aromatic rings. The van der Waals surface area contributed by atoms with Crippen molar-refractivity contribution >= 4 is 41.6 Å². The Morgan fingerprint density at radius 2 is 1.19 bits per heavy atom. The van der Waals surface area contributed by atoms with E-state index in [4.69, 9.17) is 29.2 Å². The summed E-state index contributed by atoms with van der Waals surface area (Å²) >= 11 is 0. The van der Waals surface area contributed by atoms with E-state index in [1.807, 2.05) is 19.9 Å². The van der Waals surface area contributed by atoms with E-state index < -0.39 is 0 Å². The second-order valence-electron chi connectivity index (χ2n) is 9.76. The Balaban J connectivity index is -0.000000623. The van der Waals surface area contributed by atoms with Crippen molar-refractivity contribution < 1.29 is 19.9 Å². The SMILES string of the molecule is CCOc1cc(N2CCOCC2)c(OCC)cc1Nc1nc(N2CCCCC2)nc(N2CCCCC2)n1.Cl.N.N.N.N.[HH].[HH].[HH].[HH]. The molecule has 1 aromatic carbocycles. The number of rotatable bonds is 9. The molecule has 3 saturated heterocycles. The highest BCUT2D eigenvalue weighted by Gasteiger charge is 2.23. The zero-order valence-corrected chi connectivity index (χ0v) is 26.4. The zero-order valence-electron chi connectivity index (χ0n) is 25.6. The van der Waals surface area contributed by atoms with Gasteiger partial charge in [0, 0.05) is 57.1 Å². The average molecular weight is 624 g/mol. The molecule has 3 fully saturated rings. The van der Waals surface area contributed by atoms with Gasteiger partial charge in [-0.15, -0.1) is 12.4 Å². The number of halogens is 1. The Hall–Kier alpha value is -2.88. The minimum absolute atomic E-state index is 0. The van der Waals surface area contributed by atoms with Crippen LogP contribution < -0.4 is 54.1 Å². The maximum absolute atomic E-state index is 6.10. The molecular weight excluding hydrogens is 562 g/mol. The number of anilines is 5. The van der Waals surface area contributed by atoms with E-state index in [-0.39, 0.29) is 42.7 Å². The first-order valence-electron chi connectivity index (χ1n) is 14.0. The molecular formula is C27H62ClN11O3. The number of piperidine rings is 2. The summed E-state index contributed by atoms with van der Waals surface area (Å²) in [5.74, 6) is 3.62. The van der Waals surface area contributed by atoms with Crippen molar-refractivity contribution in [1.29, 1.82) is 0 Å². The molecule has 1 aromatic heterocycles. The minimum Gasteiger partial charge on any atom is -0.492 e. The van der Waals surface area contributed by atoms with Gasteiger partial charge < -0.3 is 58.8 Å². The van der Waals surface area contributed by atoms with Crippen LogP contribution in [-0.2, 0) is 4.74 Å². The summed E-state index contributed by atoms with van der Waals surface area (Å²) < 4.78 is 17.8. The molecule has 0 aliphatic carbocycles. The number of benzene rings is 1. The highest BCUT2D eigenvalue weighted by atomic mass is 35.5. The minimum atomic E-state index is 0. The number of morpholine rings is 1. The van der Waals surface area contributed by atoms with E-state index >= 15 is 0 Å². The fourth-order valence-corrected chi connectivity index (χ4v) is 5.25. The molecule has 15 heteroatoms. The first kappa shape index (κ1) is 39.1. The molecule has 0 bridgehead atoms. The van der Waals surface area contributed by atoms with Gasteiger partial charge in [-0.3, -0.25) is 0 Å². The van der Waals surface area contributed by atoms with Gasteiger partial charge in [-0.1, -0.05) is 0 Å². The molecule has 5 rings (SSSR count). The number of nitrogens with zero attached hydrogens (tertiary/aromatic N) is 6. The summed E-state index contributed by atoms with van der Waals surface area (Å²) in [6.07, 6.45) is 7.20. The maximum atomic E-state index is 6.10. The monoisotopic (exact) mass is 623 g/mol. The van der Waals surface area contributed by atoms with Crippen LogP contribution in [0.2, 0.25) is 0 Å². The molecule has 0 atom stereocenters. The van der Waals surface area contributed by atoms with Crippen LogP contribution in [0.3, 0.4) is 0 Å². The Bertz CT molecular complexity index is 1020. The lowest BCUT2D eigenvalue weighted by atomic mass is 10.1. The van der Waals surface area contributed by atoms with E-state index in [1.165, 1.54) is 38.5 Å². The van der Waals surface area contributed by atoms with Gasteiger partial charge in [0.2, 0.25) is 17.8 Å². The van der Waals surface area contributed by atoms with Gasteiger partial charge >= 0.3 is 0 Å². The van der Waals surface area contributed by atoms with Crippen molar-refractivity contribution in [3.63, 3.8) is 0 Å². The van der Waals surface area contributed by atoms with Crippen molar-refractivity contribution in [2.24, 2.45) is 0 Å². The summed E-state index contributed by atoms with van der Waals surface area (Å²) in [6.45, 7) is 12.1. The van der Waals surface area contributed by atoms with Gasteiger partial charge in [0.25, 0.3) is 0 Å². The summed E-state index contributed by atoms with van der Waals surface area (Å²) in [6, 6.07) is 4.09. The van der Waals surface area contributed by atoms with Crippen molar-refractivity contribution in [2.45, 2.75) is 52.4 Å². The van der Waals surface area contributed by atoms with Crippen molar-refractivity contribution in [3.8, 4) is 11.5 Å². The van der Waals surface area contributed by atoms with Crippen LogP contribution in [0.25, 0.3) is 0 Å². The molecule has 0 radical (unpaired) electrons. The topological polar surface area (TPSA) is 228 Å². The maximum Gasteiger partial charge on any atom is 0.233 e. The summed E-state index contributed by atoms with van der Waals surface area (Å²) in [5, 5.41) is 3.48. The lowest BCUT2D eigenvalue weighted by Gasteiger charge is -2.31. The van der Waals surface area contributed by atoms with Gasteiger partial charge in [0.05, 0.1) is 37.8 Å². The predicted octanol–water partition coefficient (Wildman–Crippen LogP) is 6.28. The molecule has 0 amide bonds. The molecule has 14 nitrogen and oxygen atoms in total. The van der Waals surface area contributed by atoms with Gasteiger partial charge in [0.15, 0.2) is 0 Å². The highest BCUT2D eigenvalue weighted by molar-refractivity contribution is 5.85. The van der Waals surface area contributed by atoms with Crippen LogP contribution in [0, 0.1) is 0 Å². The summed E-state index contributed by atoms with van der Waals surface area (Å²) in [4.78, 5) is 21.6. The van der Waals surface area contributed by atoms with E-state index in [9.17, 15) is 0 Å². The summed E-state index contributed by atoms with van der Waals surface area (Å²) in [5.41, 5.74) is 1.82. The molecule has 4 heterocycles. The molecule has 250 valence electrons. The normalized spacial score (nSPS) is 16.4. The Kier molecular flexibility index (Phi) is 18.0. The van der Waals surface area contributed by atoms with Gasteiger partial charge in [-0.25, -0.2) is 0 Å². The smallest absolute Gasteiger partial charge is 0.233 e. The second-order valence-corrected chi connectivity index (χ2v) is 9.76. The molecule has 0 spiro atoms. The third kappa shape index (κ3) is 9.57. The number of hydrogen-bond acceptors (Lipinski definition) is 14. The largest absolute Gasteiger partial charge is 0.492 e. The van der Waals surface area contributed by atoms with Crippen molar-refractivity contribution in [3.05, 3.63) is 12.1 Å². The van der Waals surface area contributed by atoms with Crippen LogP contribution in [0.4, 0.5) is 29.2 Å². The average Bonchev–Trinajstić information content (AvgIpc) is 2.96. The second kappa shape index (κ2) is 19.3. The van der Waals surface area contributed by atoms with Crippen LogP contribution in [-0.4, -0.2) is 80.6 Å². The van der Waals surface area contributed by atoms with E-state index in [2.05, 4.69) is 26.1 Å². The fraction of sp³-hybridized carbons (Fsp3) is 0.667. The molecule has 0 unspecified atom stereocenters. The van der Waals surface area contributed by atoms with Crippen LogP contribution in [0.1, 0.15) is 58.1 Å². The lowest BCUT2D eigenvalue weighted by Crippen LogP contribution is -2.36. The van der Waals surface area contributed by atoms with E-state index in [0.717, 1.165) is 74.0 Å². The van der Waals surface area contributed by atoms with Gasteiger partial charge in [-0.2, -0.15) is 15.0 Å². The third-order valence-corrected chi connectivity index (χ3v) is 7.15. The number of nitrogens with one attached hydrogen (secondary N) is 1. The van der Waals surface area contributed by atoms with Gasteiger partial charge in [-0.05, 0) is 52.4 Å². The first-order valence-corrected chi connectivity index (χ1v) is 14.0. The third-order valence-electron chi connectivity index (χ3n) is 7.15. The van der Waals surface area contributed by atoms with Crippen LogP contribution in [0.5, 0.6) is 11.5 Å². The first-order chi connectivity index (χ1) is 18.2. The standard InChI is InChI=1S/C27H41N7O3.ClH.4H3N.4H2/c1-3-36-23-20-22(32-15-17-35-18-16-32)24(37-4-2)19-21(23)28-25-29-26(33-11-7-5-8-12-33)31-27(30-25)34-13-9-6-10-14-34;;;;;;;;;/h19-20H,3-18H2,1-2H3,(H,28,29,30,31);1H;4*1H3;4*1H. The number of hydrogen-bond donors (Lipinski definition) is 5. The van der Waals surface area contributed by atoms with Crippen LogP contribution in [0.15, 0.2) is 12.1 Å². The Labute approximate surface area is 263 Å². The van der Waals surface area contributed by atoms with Crippen molar-refractivity contribution in [1.82, 2.24) is 39.6 Å². The highest BCUT2D eigenvalue weighted by Crippen LogP contribution is 2.40. The Morgan fingerprint density at radius 1 is 0.690 bits per heavy atom. The predicted molar refractivity (Wildman–Crippen MR) is 183 cm³/mol. The molecule has 3 aliphatic rings. The van der Waals surface area contributed by atoms with Crippen LogP contribution >= 0.6 is 12.4 Å². The number of aromatic nitrogens is 3. The van der Waals surface area contributed by atoms with E-state index in [0.29, 0.717) is 32.4 Å². The lowest BCUT2D eigenvalue weighted by molar-refractivity contribution is 0.122. The molecule has 42 heavy (non-hydrogen) atoms. The molecule has 3 aliphatic heterocycles.